The van der Waals surface area contributed by atoms with Gasteiger partial charge in [-0.25, -0.2) is 0 Å². The number of amides is 1. The van der Waals surface area contributed by atoms with E-state index in [1.165, 1.54) is 16.8 Å². The Morgan fingerprint density at radius 1 is 1.21 bits per heavy atom. The number of rotatable bonds is 4. The van der Waals surface area contributed by atoms with Gasteiger partial charge in [-0.15, -0.1) is 0 Å². The minimum Gasteiger partial charge on any atom is -0.495 e. The lowest BCUT2D eigenvalue weighted by molar-refractivity contribution is -0.114. The lowest BCUT2D eigenvalue weighted by Crippen LogP contribution is -2.35. The summed E-state index contributed by atoms with van der Waals surface area (Å²) < 4.78 is 7.29. The number of nitrogens with one attached hydrogen (secondary N) is 1. The predicted molar refractivity (Wildman–Crippen MR) is 135 cm³/mol. The Balaban J connectivity index is 1.51. The summed E-state index contributed by atoms with van der Waals surface area (Å²) in [5.41, 5.74) is 4.51. The molecule has 2 aliphatic heterocycles. The van der Waals surface area contributed by atoms with E-state index in [-0.39, 0.29) is 11.4 Å². The zero-order chi connectivity index (χ0) is 24.0. The second-order valence-corrected chi connectivity index (χ2v) is 9.01. The summed E-state index contributed by atoms with van der Waals surface area (Å²) in [6.07, 6.45) is 5.06. The van der Waals surface area contributed by atoms with Crippen LogP contribution in [0.4, 0.5) is 0 Å². The first kappa shape index (κ1) is 22.1. The minimum atomic E-state index is -0.469. The zero-order valence-corrected chi connectivity index (χ0v) is 20.1. The van der Waals surface area contributed by atoms with Crippen LogP contribution in [-0.4, -0.2) is 43.6 Å². The number of hydrazone groups is 1. The molecule has 2 aliphatic rings. The number of fused-ring (bicyclic) bond motifs is 1. The molecule has 0 saturated heterocycles. The Hall–Kier alpha value is -3.69. The fraction of sp³-hybridized carbons (Fsp3) is 0.125. The predicted octanol–water partition coefficient (Wildman–Crippen LogP) is 4.82. The second kappa shape index (κ2) is 8.58. The van der Waals surface area contributed by atoms with E-state index >= 15 is 0 Å². The number of methoxy groups -OCH3 is 1. The number of carbonyl (C=O) groups is 1. The third-order valence-corrected chi connectivity index (χ3v) is 6.78. The van der Waals surface area contributed by atoms with Gasteiger partial charge < -0.3 is 9.30 Å². The van der Waals surface area contributed by atoms with Gasteiger partial charge in [0.15, 0.2) is 5.84 Å². The van der Waals surface area contributed by atoms with Crippen LogP contribution in [0.25, 0.3) is 11.8 Å². The molecular formula is C24H19ClN6O2S. The van der Waals surface area contributed by atoms with Crippen LogP contribution in [0, 0.1) is 19.3 Å². The highest BCUT2D eigenvalue weighted by Gasteiger charge is 2.36. The monoisotopic (exact) mass is 490 g/mol. The van der Waals surface area contributed by atoms with Crippen molar-refractivity contribution in [2.45, 2.75) is 13.8 Å². The molecule has 0 aliphatic carbocycles. The molecule has 1 aromatic carbocycles. The first-order valence-electron chi connectivity index (χ1n) is 10.3. The normalized spacial score (nSPS) is 16.6. The first-order valence-corrected chi connectivity index (χ1v) is 11.5. The van der Waals surface area contributed by atoms with Crippen molar-refractivity contribution in [1.82, 2.24) is 14.6 Å². The summed E-state index contributed by atoms with van der Waals surface area (Å²) in [5, 5.41) is 16.1. The Labute approximate surface area is 205 Å². The van der Waals surface area contributed by atoms with E-state index in [1.807, 2.05) is 54.8 Å². The van der Waals surface area contributed by atoms with Crippen molar-refractivity contribution in [3.05, 3.63) is 81.9 Å². The quantitative estimate of drug-likeness (QED) is 0.529. The van der Waals surface area contributed by atoms with Crippen LogP contribution < -0.4 is 4.74 Å². The maximum Gasteiger partial charge on any atom is 0.283 e. The number of benzene rings is 1. The summed E-state index contributed by atoms with van der Waals surface area (Å²) in [5.74, 6) is 0.113. The lowest BCUT2D eigenvalue weighted by atomic mass is 10.1. The smallest absolute Gasteiger partial charge is 0.283 e. The topological polar surface area (TPSA) is 95.9 Å². The average molecular weight is 491 g/mol. The Kier molecular flexibility index (Phi) is 5.59. The fourth-order valence-electron chi connectivity index (χ4n) is 3.88. The number of carbonyl (C=O) groups excluding carboxylic acids is 1. The van der Waals surface area contributed by atoms with E-state index in [2.05, 4.69) is 15.1 Å². The third kappa shape index (κ3) is 3.72. The van der Waals surface area contributed by atoms with Crippen LogP contribution in [0.2, 0.25) is 5.02 Å². The molecule has 0 bridgehead atoms. The molecule has 4 heterocycles. The van der Waals surface area contributed by atoms with Gasteiger partial charge in [0.2, 0.25) is 5.17 Å². The first-order chi connectivity index (χ1) is 16.4. The van der Waals surface area contributed by atoms with Crippen LogP contribution in [0.3, 0.4) is 0 Å². The average Bonchev–Trinajstić information content (AvgIpc) is 3.37. The van der Waals surface area contributed by atoms with Gasteiger partial charge in [-0.2, -0.15) is 15.1 Å². The molecule has 3 aromatic rings. The molecule has 5 rings (SSSR count). The van der Waals surface area contributed by atoms with E-state index in [9.17, 15) is 4.79 Å². The number of halogens is 1. The highest BCUT2D eigenvalue weighted by molar-refractivity contribution is 8.27. The van der Waals surface area contributed by atoms with Gasteiger partial charge in [-0.3, -0.25) is 15.2 Å². The summed E-state index contributed by atoms with van der Waals surface area (Å²) in [6, 6.07) is 11.2. The van der Waals surface area contributed by atoms with E-state index in [0.29, 0.717) is 21.0 Å². The molecule has 170 valence electrons. The summed E-state index contributed by atoms with van der Waals surface area (Å²) in [6.45, 7) is 3.92. The van der Waals surface area contributed by atoms with Crippen molar-refractivity contribution in [1.29, 1.82) is 5.41 Å². The van der Waals surface area contributed by atoms with Gasteiger partial charge in [0.1, 0.15) is 10.8 Å². The zero-order valence-electron chi connectivity index (χ0n) is 18.5. The second-order valence-electron chi connectivity index (χ2n) is 7.65. The fourth-order valence-corrected chi connectivity index (χ4v) is 5.01. The third-order valence-electron chi connectivity index (χ3n) is 5.53. The van der Waals surface area contributed by atoms with Gasteiger partial charge in [-0.05, 0) is 73.6 Å². The molecule has 2 aromatic heterocycles. The number of pyridine rings is 1. The number of ether oxygens (including phenoxy) is 1. The molecule has 0 fully saturated rings. The molecule has 0 unspecified atom stereocenters. The summed E-state index contributed by atoms with van der Waals surface area (Å²) >= 11 is 7.58. The van der Waals surface area contributed by atoms with Crippen molar-refractivity contribution in [2.24, 2.45) is 10.1 Å². The molecule has 1 N–H and O–H groups in total. The lowest BCUT2D eigenvalue weighted by Gasteiger charge is -2.20. The molecule has 1 amide bonds. The largest absolute Gasteiger partial charge is 0.495 e. The number of thioether (sulfide) groups is 1. The van der Waals surface area contributed by atoms with Crippen molar-refractivity contribution in [2.75, 3.05) is 7.11 Å². The highest BCUT2D eigenvalue weighted by atomic mass is 35.5. The van der Waals surface area contributed by atoms with Crippen molar-refractivity contribution in [3.63, 3.8) is 0 Å². The Bertz CT molecular complexity index is 1440. The molecule has 0 spiro atoms. The summed E-state index contributed by atoms with van der Waals surface area (Å²) in [4.78, 5) is 21.1. The van der Waals surface area contributed by atoms with Crippen molar-refractivity contribution < 1.29 is 9.53 Å². The van der Waals surface area contributed by atoms with Gasteiger partial charge in [-0.1, -0.05) is 11.6 Å². The van der Waals surface area contributed by atoms with Crippen molar-refractivity contribution in [3.8, 4) is 11.4 Å². The van der Waals surface area contributed by atoms with E-state index < -0.39 is 5.91 Å². The number of amidine groups is 2. The molecule has 10 heteroatoms. The highest BCUT2D eigenvalue weighted by Crippen LogP contribution is 2.33. The van der Waals surface area contributed by atoms with Gasteiger partial charge in [0, 0.05) is 35.0 Å². The maximum absolute atomic E-state index is 12.8. The van der Waals surface area contributed by atoms with Gasteiger partial charge in [0.25, 0.3) is 5.91 Å². The standard InChI is InChI=1S/C24H19ClN6O2S/c1-13-9-16(14(2)30(13)17-6-7-20(33-3)19(25)11-17)10-18-21(26)31-24(28-22(18)32)34-23(29-31)15-5-4-8-27-12-15/h4-12,26H,1-3H3. The number of hydrogen-bond acceptors (Lipinski definition) is 6. The minimum absolute atomic E-state index is 0.0151. The number of hydrogen-bond donors (Lipinski definition) is 1. The van der Waals surface area contributed by atoms with Crippen LogP contribution in [0.5, 0.6) is 5.75 Å². The van der Waals surface area contributed by atoms with Crippen LogP contribution >= 0.6 is 23.4 Å². The summed E-state index contributed by atoms with van der Waals surface area (Å²) in [7, 11) is 1.57. The molecule has 34 heavy (non-hydrogen) atoms. The Morgan fingerprint density at radius 2 is 2.03 bits per heavy atom. The number of aryl methyl sites for hydroxylation is 1. The van der Waals surface area contributed by atoms with Crippen LogP contribution in [-0.2, 0) is 4.79 Å². The van der Waals surface area contributed by atoms with Crippen LogP contribution in [0.1, 0.15) is 22.5 Å². The SMILES string of the molecule is COc1ccc(-n2c(C)cc(C=C3C(=N)N4N=C(c5cccnc5)SC4=NC3=O)c2C)cc1Cl. The van der Waals surface area contributed by atoms with Crippen molar-refractivity contribution >= 4 is 51.4 Å². The number of aliphatic imine (C=N–C) groups is 1. The van der Waals surface area contributed by atoms with Gasteiger partial charge >= 0.3 is 0 Å². The van der Waals surface area contributed by atoms with E-state index in [1.54, 1.807) is 25.6 Å². The molecule has 0 saturated carbocycles. The number of nitrogens with zero attached hydrogens (tertiary/aromatic N) is 5. The van der Waals surface area contributed by atoms with E-state index in [4.69, 9.17) is 21.7 Å². The Morgan fingerprint density at radius 3 is 2.74 bits per heavy atom. The van der Waals surface area contributed by atoms with Crippen LogP contribution in [0.15, 0.2) is 64.5 Å². The molecule has 0 radical (unpaired) electrons. The molecule has 8 nitrogen and oxygen atoms in total. The van der Waals surface area contributed by atoms with E-state index in [0.717, 1.165) is 28.2 Å². The van der Waals surface area contributed by atoms with Gasteiger partial charge in [0.05, 0.1) is 17.7 Å². The molecular weight excluding hydrogens is 472 g/mol. The molecule has 0 atom stereocenters. The number of aromatic nitrogens is 2. The maximum atomic E-state index is 12.8.